The fourth-order valence-electron chi connectivity index (χ4n) is 1.71. The van der Waals surface area contributed by atoms with Gasteiger partial charge in [-0.3, -0.25) is 4.79 Å². The Balaban J connectivity index is 2.70. The number of allylic oxidation sites excluding steroid dienone is 1. The van der Waals surface area contributed by atoms with Crippen molar-refractivity contribution in [2.45, 2.75) is 39.2 Å². The van der Waals surface area contributed by atoms with Crippen molar-refractivity contribution in [2.24, 2.45) is 5.92 Å². The van der Waals surface area contributed by atoms with Crippen LogP contribution in [-0.2, 0) is 9.53 Å². The predicted octanol–water partition coefficient (Wildman–Crippen LogP) is 2.27. The van der Waals surface area contributed by atoms with Crippen LogP contribution in [0.1, 0.15) is 33.6 Å². The van der Waals surface area contributed by atoms with Crippen LogP contribution in [0.25, 0.3) is 0 Å². The third kappa shape index (κ3) is 4.77. The topological polar surface area (TPSA) is 66.8 Å². The molecule has 0 spiro atoms. The van der Waals surface area contributed by atoms with Gasteiger partial charge in [-0.05, 0) is 33.6 Å². The van der Waals surface area contributed by atoms with Crippen LogP contribution in [0.3, 0.4) is 0 Å². The zero-order valence-corrected chi connectivity index (χ0v) is 11.2. The van der Waals surface area contributed by atoms with Gasteiger partial charge in [0.25, 0.3) is 0 Å². The third-order valence-corrected chi connectivity index (χ3v) is 2.59. The first-order valence-electron chi connectivity index (χ1n) is 6.15. The molecule has 1 heterocycles. The van der Waals surface area contributed by atoms with E-state index in [9.17, 15) is 9.59 Å². The van der Waals surface area contributed by atoms with Crippen molar-refractivity contribution in [3.63, 3.8) is 0 Å². The second-order valence-corrected chi connectivity index (χ2v) is 5.46. The number of rotatable bonds is 1. The Bertz CT molecular complexity index is 343. The summed E-state index contributed by atoms with van der Waals surface area (Å²) in [5.74, 6) is -1.44. The molecule has 0 saturated heterocycles. The Hall–Kier alpha value is -1.52. The number of carboxylic acids is 1. The number of hydrogen-bond acceptors (Lipinski definition) is 3. The molecule has 1 rings (SSSR count). The average molecular weight is 255 g/mol. The minimum atomic E-state index is -0.880. The summed E-state index contributed by atoms with van der Waals surface area (Å²) in [7, 11) is 0. The number of aliphatic carboxylic acids is 1. The number of carbonyl (C=O) groups excluding carboxylic acids is 1. The number of hydrogen-bond donors (Lipinski definition) is 1. The van der Waals surface area contributed by atoms with Crippen LogP contribution in [0.4, 0.5) is 4.79 Å². The van der Waals surface area contributed by atoms with Crippen LogP contribution < -0.4 is 0 Å². The lowest BCUT2D eigenvalue weighted by Crippen LogP contribution is -2.42. The Morgan fingerprint density at radius 1 is 1.33 bits per heavy atom. The first-order chi connectivity index (χ1) is 8.29. The van der Waals surface area contributed by atoms with Gasteiger partial charge in [-0.2, -0.15) is 0 Å². The summed E-state index contributed by atoms with van der Waals surface area (Å²) < 4.78 is 5.27. The fraction of sp³-hybridized carbons (Fsp3) is 0.692. The Morgan fingerprint density at radius 3 is 2.56 bits per heavy atom. The zero-order chi connectivity index (χ0) is 13.8. The maximum absolute atomic E-state index is 11.9. The highest BCUT2D eigenvalue weighted by Gasteiger charge is 2.27. The summed E-state index contributed by atoms with van der Waals surface area (Å²) >= 11 is 0. The number of amides is 1. The Morgan fingerprint density at radius 2 is 2.00 bits per heavy atom. The Labute approximate surface area is 107 Å². The summed E-state index contributed by atoms with van der Waals surface area (Å²) in [6.45, 7) is 6.08. The van der Waals surface area contributed by atoms with Crippen LogP contribution in [0, 0.1) is 5.92 Å². The van der Waals surface area contributed by atoms with Gasteiger partial charge >= 0.3 is 12.1 Å². The number of carbonyl (C=O) groups is 2. The number of nitrogens with zero attached hydrogens (tertiary/aromatic N) is 1. The van der Waals surface area contributed by atoms with Crippen LogP contribution >= 0.6 is 0 Å². The minimum Gasteiger partial charge on any atom is -0.481 e. The highest BCUT2D eigenvalue weighted by molar-refractivity contribution is 5.73. The standard InChI is InChI=1S/C13H21NO4/c1-13(2,3)18-12(17)14-8-6-4-5-7-10(9-14)11(15)16/h4-5,10H,6-9H2,1-3H3,(H,15,16)/b5-4-. The van der Waals surface area contributed by atoms with E-state index in [4.69, 9.17) is 9.84 Å². The van der Waals surface area contributed by atoms with E-state index in [1.807, 2.05) is 12.2 Å². The second kappa shape index (κ2) is 5.89. The first-order valence-corrected chi connectivity index (χ1v) is 6.15. The van der Waals surface area contributed by atoms with Gasteiger partial charge in [0, 0.05) is 13.1 Å². The Kier molecular flexibility index (Phi) is 4.76. The van der Waals surface area contributed by atoms with E-state index in [-0.39, 0.29) is 6.54 Å². The van der Waals surface area contributed by atoms with Crippen LogP contribution in [0.2, 0.25) is 0 Å². The van der Waals surface area contributed by atoms with Crippen LogP contribution in [0.5, 0.6) is 0 Å². The monoisotopic (exact) mass is 255 g/mol. The van der Waals surface area contributed by atoms with Crippen molar-refractivity contribution >= 4 is 12.1 Å². The highest BCUT2D eigenvalue weighted by Crippen LogP contribution is 2.16. The van der Waals surface area contributed by atoms with Gasteiger partial charge in [-0.15, -0.1) is 0 Å². The molecule has 0 radical (unpaired) electrons. The molecule has 0 aromatic heterocycles. The summed E-state index contributed by atoms with van der Waals surface area (Å²) in [6.07, 6.45) is 4.52. The molecule has 1 N–H and O–H groups in total. The molecule has 0 fully saturated rings. The van der Waals surface area contributed by atoms with Crippen LogP contribution in [0.15, 0.2) is 12.2 Å². The zero-order valence-electron chi connectivity index (χ0n) is 11.2. The van der Waals surface area contributed by atoms with Crippen molar-refractivity contribution in [1.82, 2.24) is 4.90 Å². The van der Waals surface area contributed by atoms with Gasteiger partial charge in [-0.25, -0.2) is 4.79 Å². The maximum atomic E-state index is 11.9. The smallest absolute Gasteiger partial charge is 0.410 e. The highest BCUT2D eigenvalue weighted by atomic mass is 16.6. The molecule has 0 aliphatic carbocycles. The molecule has 1 aliphatic heterocycles. The fourth-order valence-corrected chi connectivity index (χ4v) is 1.71. The molecule has 0 saturated carbocycles. The third-order valence-electron chi connectivity index (χ3n) is 2.59. The number of ether oxygens (including phenoxy) is 1. The first kappa shape index (κ1) is 14.5. The molecule has 1 aliphatic rings. The van der Waals surface area contributed by atoms with Crippen molar-refractivity contribution in [3.8, 4) is 0 Å². The van der Waals surface area contributed by atoms with E-state index in [2.05, 4.69) is 0 Å². The molecule has 0 aromatic carbocycles. The molecule has 0 bridgehead atoms. The summed E-state index contributed by atoms with van der Waals surface area (Å²) in [6, 6.07) is 0. The van der Waals surface area contributed by atoms with E-state index in [1.165, 1.54) is 4.90 Å². The van der Waals surface area contributed by atoms with E-state index in [0.717, 1.165) is 6.42 Å². The largest absolute Gasteiger partial charge is 0.481 e. The van der Waals surface area contributed by atoms with Crippen molar-refractivity contribution < 1.29 is 19.4 Å². The van der Waals surface area contributed by atoms with Crippen molar-refractivity contribution in [1.29, 1.82) is 0 Å². The molecule has 1 unspecified atom stereocenters. The molecule has 18 heavy (non-hydrogen) atoms. The molecule has 1 atom stereocenters. The van der Waals surface area contributed by atoms with Crippen molar-refractivity contribution in [2.75, 3.05) is 13.1 Å². The predicted molar refractivity (Wildman–Crippen MR) is 67.3 cm³/mol. The summed E-state index contributed by atoms with van der Waals surface area (Å²) in [4.78, 5) is 24.5. The van der Waals surface area contributed by atoms with Crippen molar-refractivity contribution in [3.05, 3.63) is 12.2 Å². The molecule has 1 amide bonds. The van der Waals surface area contributed by atoms with Gasteiger partial charge in [0.2, 0.25) is 0 Å². The summed E-state index contributed by atoms with van der Waals surface area (Å²) in [5.41, 5.74) is -0.561. The van der Waals surface area contributed by atoms with E-state index < -0.39 is 23.6 Å². The van der Waals surface area contributed by atoms with Gasteiger partial charge in [-0.1, -0.05) is 12.2 Å². The van der Waals surface area contributed by atoms with Gasteiger partial charge in [0.05, 0.1) is 5.92 Å². The lowest BCUT2D eigenvalue weighted by atomic mass is 10.0. The SMILES string of the molecule is CC(C)(C)OC(=O)N1CC/C=C\CC(C(=O)O)C1. The minimum absolute atomic E-state index is 0.203. The average Bonchev–Trinajstić information content (AvgIpc) is 2.12. The molecule has 0 aromatic rings. The lowest BCUT2D eigenvalue weighted by molar-refractivity contribution is -0.142. The number of carboxylic acid groups (broad SMARTS) is 1. The van der Waals surface area contributed by atoms with E-state index in [0.29, 0.717) is 13.0 Å². The van der Waals surface area contributed by atoms with Gasteiger partial charge in [0.1, 0.15) is 5.60 Å². The molecule has 5 nitrogen and oxygen atoms in total. The van der Waals surface area contributed by atoms with Gasteiger partial charge < -0.3 is 14.7 Å². The molecular formula is C13H21NO4. The summed E-state index contributed by atoms with van der Waals surface area (Å²) in [5, 5.41) is 9.07. The van der Waals surface area contributed by atoms with E-state index >= 15 is 0 Å². The van der Waals surface area contributed by atoms with Gasteiger partial charge in [0.15, 0.2) is 0 Å². The molecular weight excluding hydrogens is 234 g/mol. The van der Waals surface area contributed by atoms with Crippen LogP contribution in [-0.4, -0.2) is 40.8 Å². The normalized spacial score (nSPS) is 22.8. The van der Waals surface area contributed by atoms with E-state index in [1.54, 1.807) is 20.8 Å². The maximum Gasteiger partial charge on any atom is 0.410 e. The lowest BCUT2D eigenvalue weighted by Gasteiger charge is -2.29. The quantitative estimate of drug-likeness (QED) is 0.730. The molecule has 5 heteroatoms. The molecule has 102 valence electrons. The second-order valence-electron chi connectivity index (χ2n) is 5.46.